The van der Waals surface area contributed by atoms with Gasteiger partial charge in [-0.25, -0.2) is 5.10 Å². The van der Waals surface area contributed by atoms with Crippen LogP contribution in [-0.2, 0) is 16.0 Å². The first-order chi connectivity index (χ1) is 13.1. The molecule has 0 aliphatic rings. The Morgan fingerprint density at radius 1 is 1.07 bits per heavy atom. The summed E-state index contributed by atoms with van der Waals surface area (Å²) in [5, 5.41) is 23.3. The van der Waals surface area contributed by atoms with Crippen LogP contribution in [0.1, 0.15) is 25.3 Å². The van der Waals surface area contributed by atoms with E-state index in [0.29, 0.717) is 12.2 Å². The second-order valence-corrected chi connectivity index (χ2v) is 6.30. The molecule has 27 heavy (non-hydrogen) atoms. The zero-order valence-corrected chi connectivity index (χ0v) is 14.9. The summed E-state index contributed by atoms with van der Waals surface area (Å²) in [6, 6.07) is 15.3. The van der Waals surface area contributed by atoms with Crippen molar-refractivity contribution < 1.29 is 14.7 Å². The molecule has 2 N–H and O–H groups in total. The second kappa shape index (κ2) is 8.35. The molecule has 0 saturated carbocycles. The number of hydrogen-bond acceptors (Lipinski definition) is 5. The average molecular weight is 364 g/mol. The van der Waals surface area contributed by atoms with Gasteiger partial charge < -0.3 is 5.11 Å². The van der Waals surface area contributed by atoms with Gasteiger partial charge >= 0.3 is 5.97 Å². The number of aromatic nitrogens is 4. The summed E-state index contributed by atoms with van der Waals surface area (Å²) in [7, 11) is 0. The van der Waals surface area contributed by atoms with Crippen LogP contribution in [0.2, 0.25) is 0 Å². The lowest BCUT2D eigenvalue weighted by molar-refractivity contribution is -0.146. The topological polar surface area (TPSA) is 109 Å². The fourth-order valence-electron chi connectivity index (χ4n) is 3.03. The Kier molecular flexibility index (Phi) is 5.71. The summed E-state index contributed by atoms with van der Waals surface area (Å²) in [5.41, 5.74) is 3.60. The summed E-state index contributed by atoms with van der Waals surface area (Å²) in [6.07, 6.45) is 1.13. The number of Topliss-reactive ketones (excluding diaryl/α,β-unsaturated/α-hetero) is 1. The van der Waals surface area contributed by atoms with Crippen LogP contribution in [0.4, 0.5) is 0 Å². The number of carboxylic acids is 1. The van der Waals surface area contributed by atoms with Gasteiger partial charge in [-0.05, 0) is 40.0 Å². The van der Waals surface area contributed by atoms with Crippen molar-refractivity contribution in [2.24, 2.45) is 5.92 Å². The third-order valence-electron chi connectivity index (χ3n) is 4.42. The molecule has 2 aromatic carbocycles. The lowest BCUT2D eigenvalue weighted by Gasteiger charge is -2.12. The number of tetrazole rings is 1. The molecule has 7 heteroatoms. The largest absolute Gasteiger partial charge is 0.481 e. The van der Waals surface area contributed by atoms with Gasteiger partial charge in [-0.3, -0.25) is 9.59 Å². The van der Waals surface area contributed by atoms with Crippen molar-refractivity contribution in [1.29, 1.82) is 0 Å². The molecular formula is C20H20N4O3. The minimum absolute atomic E-state index is 0.197. The number of carbonyl (C=O) groups excluding carboxylic acids is 1. The zero-order chi connectivity index (χ0) is 19.2. The van der Waals surface area contributed by atoms with E-state index in [1.54, 1.807) is 0 Å². The highest BCUT2D eigenvalue weighted by atomic mass is 16.4. The molecule has 1 aromatic heterocycles. The maximum Gasteiger partial charge on any atom is 0.314 e. The van der Waals surface area contributed by atoms with Crippen LogP contribution in [0.5, 0.6) is 0 Å². The van der Waals surface area contributed by atoms with Crippen LogP contribution in [0.25, 0.3) is 22.5 Å². The molecule has 1 atom stereocenters. The Morgan fingerprint density at radius 2 is 1.78 bits per heavy atom. The quantitative estimate of drug-likeness (QED) is 0.594. The minimum Gasteiger partial charge on any atom is -0.481 e. The van der Waals surface area contributed by atoms with Gasteiger partial charge in [0.05, 0.1) is 0 Å². The number of benzene rings is 2. The van der Waals surface area contributed by atoms with Gasteiger partial charge in [0.25, 0.3) is 0 Å². The predicted octanol–water partition coefficient (Wildman–Crippen LogP) is 3.15. The van der Waals surface area contributed by atoms with E-state index in [-0.39, 0.29) is 18.6 Å². The molecule has 0 aliphatic heterocycles. The van der Waals surface area contributed by atoms with Gasteiger partial charge in [0.15, 0.2) is 5.82 Å². The van der Waals surface area contributed by atoms with E-state index in [1.165, 1.54) is 0 Å². The van der Waals surface area contributed by atoms with Gasteiger partial charge in [-0.15, -0.1) is 5.10 Å². The summed E-state index contributed by atoms with van der Waals surface area (Å²) in [4.78, 5) is 23.5. The highest BCUT2D eigenvalue weighted by molar-refractivity contribution is 5.98. The van der Waals surface area contributed by atoms with E-state index in [9.17, 15) is 14.7 Å². The van der Waals surface area contributed by atoms with Crippen molar-refractivity contribution in [2.75, 3.05) is 0 Å². The molecule has 0 spiro atoms. The summed E-state index contributed by atoms with van der Waals surface area (Å²) in [5.74, 6) is -1.72. The van der Waals surface area contributed by atoms with Crippen molar-refractivity contribution in [3.63, 3.8) is 0 Å². The van der Waals surface area contributed by atoms with Crippen molar-refractivity contribution in [3.05, 3.63) is 54.1 Å². The van der Waals surface area contributed by atoms with Crippen LogP contribution < -0.4 is 0 Å². The first-order valence-electron chi connectivity index (χ1n) is 8.78. The second-order valence-electron chi connectivity index (χ2n) is 6.30. The molecule has 3 rings (SSSR count). The van der Waals surface area contributed by atoms with Crippen LogP contribution in [0.15, 0.2) is 48.5 Å². The van der Waals surface area contributed by atoms with Gasteiger partial charge in [-0.1, -0.05) is 55.5 Å². The highest BCUT2D eigenvalue weighted by Gasteiger charge is 2.25. The summed E-state index contributed by atoms with van der Waals surface area (Å²) < 4.78 is 0. The lowest BCUT2D eigenvalue weighted by atomic mass is 9.91. The molecule has 138 valence electrons. The number of nitrogens with one attached hydrogen (secondary N) is 1. The van der Waals surface area contributed by atoms with Crippen LogP contribution in [0, 0.1) is 5.92 Å². The fraction of sp³-hybridized carbons (Fsp3) is 0.250. The number of aromatic amines is 1. The molecular weight excluding hydrogens is 344 g/mol. The monoisotopic (exact) mass is 364 g/mol. The zero-order valence-electron chi connectivity index (χ0n) is 14.9. The van der Waals surface area contributed by atoms with Crippen molar-refractivity contribution in [2.45, 2.75) is 26.2 Å². The number of nitrogens with zero attached hydrogens (tertiary/aromatic N) is 3. The molecule has 0 amide bonds. The molecule has 1 heterocycles. The van der Waals surface area contributed by atoms with Gasteiger partial charge in [0, 0.05) is 12.0 Å². The van der Waals surface area contributed by atoms with E-state index in [1.807, 2.05) is 55.5 Å². The predicted molar refractivity (Wildman–Crippen MR) is 99.8 cm³/mol. The Balaban J connectivity index is 1.84. The Bertz CT molecular complexity index is 921. The standard InChI is InChI=1S/C20H20N4O3/c1-2-5-18(25)17(20(26)27)12-13-8-10-14(11-9-13)15-6-3-4-7-16(15)19-21-23-24-22-19/h3-4,6-11,17H,2,5,12H2,1H3,(H,26,27)(H,21,22,23,24). The van der Waals surface area contributed by atoms with Crippen molar-refractivity contribution >= 4 is 11.8 Å². The average Bonchev–Trinajstić information content (AvgIpc) is 3.21. The minimum atomic E-state index is -1.07. The van der Waals surface area contributed by atoms with Crippen LogP contribution in [-0.4, -0.2) is 37.5 Å². The van der Waals surface area contributed by atoms with E-state index in [4.69, 9.17) is 0 Å². The molecule has 0 radical (unpaired) electrons. The fourth-order valence-corrected chi connectivity index (χ4v) is 3.03. The lowest BCUT2D eigenvalue weighted by Crippen LogP contribution is -2.25. The number of carbonyl (C=O) groups is 2. The first-order valence-corrected chi connectivity index (χ1v) is 8.78. The van der Waals surface area contributed by atoms with E-state index >= 15 is 0 Å². The number of rotatable bonds is 8. The number of hydrogen-bond donors (Lipinski definition) is 2. The molecule has 7 nitrogen and oxygen atoms in total. The smallest absolute Gasteiger partial charge is 0.314 e. The molecule has 0 aliphatic carbocycles. The van der Waals surface area contributed by atoms with Crippen LogP contribution in [0.3, 0.4) is 0 Å². The number of ketones is 1. The molecule has 0 bridgehead atoms. The molecule has 3 aromatic rings. The van der Waals surface area contributed by atoms with Crippen LogP contribution >= 0.6 is 0 Å². The SMILES string of the molecule is CCCC(=O)C(Cc1ccc(-c2ccccc2-c2nnn[nH]2)cc1)C(=O)O. The molecule has 0 fully saturated rings. The highest BCUT2D eigenvalue weighted by Crippen LogP contribution is 2.30. The Labute approximate surface area is 156 Å². The van der Waals surface area contributed by atoms with Gasteiger partial charge in [0.1, 0.15) is 11.7 Å². The first kappa shape index (κ1) is 18.4. The Hall–Kier alpha value is -3.35. The number of H-pyrrole nitrogens is 1. The summed E-state index contributed by atoms with van der Waals surface area (Å²) >= 11 is 0. The van der Waals surface area contributed by atoms with E-state index < -0.39 is 11.9 Å². The van der Waals surface area contributed by atoms with Crippen molar-refractivity contribution in [3.8, 4) is 22.5 Å². The van der Waals surface area contributed by atoms with Gasteiger partial charge in [-0.2, -0.15) is 0 Å². The van der Waals surface area contributed by atoms with Crippen molar-refractivity contribution in [1.82, 2.24) is 20.6 Å². The van der Waals surface area contributed by atoms with Gasteiger partial charge in [0.2, 0.25) is 0 Å². The third kappa shape index (κ3) is 4.25. The van der Waals surface area contributed by atoms with E-state index in [2.05, 4.69) is 20.6 Å². The molecule has 1 unspecified atom stereocenters. The molecule has 0 saturated heterocycles. The Morgan fingerprint density at radius 3 is 2.37 bits per heavy atom. The number of carboxylic acid groups (broad SMARTS) is 1. The van der Waals surface area contributed by atoms with E-state index in [0.717, 1.165) is 22.3 Å². The maximum atomic E-state index is 12.1. The number of aliphatic carboxylic acids is 1. The summed E-state index contributed by atoms with van der Waals surface area (Å²) in [6.45, 7) is 1.87. The maximum absolute atomic E-state index is 12.1. The normalized spacial score (nSPS) is 11.9. The third-order valence-corrected chi connectivity index (χ3v) is 4.42.